The predicted octanol–water partition coefficient (Wildman–Crippen LogP) is -8.47. The van der Waals surface area contributed by atoms with Crippen LogP contribution in [0.5, 0.6) is 0 Å². The third-order valence-electron chi connectivity index (χ3n) is 7.47. The van der Waals surface area contributed by atoms with Crippen molar-refractivity contribution in [2.24, 2.45) is 0 Å². The highest BCUT2D eigenvalue weighted by atomic mass is 16.8. The summed E-state index contributed by atoms with van der Waals surface area (Å²) in [4.78, 5) is 0. The van der Waals surface area contributed by atoms with Gasteiger partial charge in [-0.05, 0) is 0 Å². The number of rotatable bonds is 8. The number of aliphatic hydroxyl groups is 12. The minimum absolute atomic E-state index is 0.420. The lowest BCUT2D eigenvalue weighted by molar-refractivity contribution is -0.374. The van der Waals surface area contributed by atoms with E-state index in [0.717, 1.165) is 0 Å². The van der Waals surface area contributed by atoms with Gasteiger partial charge in [0.05, 0.1) is 26.4 Å². The molecule has 4 aliphatic rings. The molecule has 19 nitrogen and oxygen atoms in total. The van der Waals surface area contributed by atoms with Gasteiger partial charge in [0.2, 0.25) is 0 Å². The van der Waals surface area contributed by atoms with Gasteiger partial charge >= 0.3 is 0 Å². The van der Waals surface area contributed by atoms with Gasteiger partial charge in [0, 0.05) is 0 Å². The largest absolute Gasteiger partial charge is 0.394 e. The van der Waals surface area contributed by atoms with E-state index in [9.17, 15) is 61.3 Å². The predicted molar refractivity (Wildman–Crippen MR) is 122 cm³/mol. The van der Waals surface area contributed by atoms with Gasteiger partial charge in [0.15, 0.2) is 25.2 Å². The minimum Gasteiger partial charge on any atom is -0.394 e. The number of hydrogen-bond donors (Lipinski definition) is 12. The summed E-state index contributed by atoms with van der Waals surface area (Å²) in [5.41, 5.74) is 0. The quantitative estimate of drug-likeness (QED) is 0.122. The van der Waals surface area contributed by atoms with Gasteiger partial charge in [-0.2, -0.15) is 0 Å². The molecule has 18 atom stereocenters. The van der Waals surface area contributed by atoms with E-state index in [0.29, 0.717) is 0 Å². The first-order valence-electron chi connectivity index (χ1n) is 12.9. The molecular weight excluding hydrogens is 568 g/mol. The molecule has 0 spiro atoms. The second-order valence-electron chi connectivity index (χ2n) is 10.2. The lowest BCUT2D eigenvalue weighted by Gasteiger charge is -2.47. The van der Waals surface area contributed by atoms with E-state index in [1.165, 1.54) is 0 Å². The van der Waals surface area contributed by atoms with E-state index in [4.69, 9.17) is 33.2 Å². The van der Waals surface area contributed by atoms with Crippen molar-refractivity contribution in [3.8, 4) is 0 Å². The molecule has 4 saturated heterocycles. The van der Waals surface area contributed by atoms with Crippen LogP contribution in [-0.2, 0) is 33.2 Å². The average molecular weight is 607 g/mol. The zero-order valence-corrected chi connectivity index (χ0v) is 21.4. The Labute approximate surface area is 232 Å². The van der Waals surface area contributed by atoms with Crippen LogP contribution in [0.1, 0.15) is 0 Å². The maximum absolute atomic E-state index is 10.8. The van der Waals surface area contributed by atoms with Crippen molar-refractivity contribution in [1.82, 2.24) is 0 Å². The fourth-order valence-electron chi connectivity index (χ4n) is 4.91. The molecule has 4 fully saturated rings. The summed E-state index contributed by atoms with van der Waals surface area (Å²) in [7, 11) is 0. The Kier molecular flexibility index (Phi) is 11.2. The highest BCUT2D eigenvalue weighted by Crippen LogP contribution is 2.31. The van der Waals surface area contributed by atoms with E-state index >= 15 is 0 Å². The molecule has 0 aliphatic carbocycles. The standard InChI is InChI=1S/C22H38O19/c23-1-5-9(25)13(29)16(32)21(37-5)39-8-4-36-20(15(31)11(8)27)41-18-12(28)6(2-24)38-22(17(18)33)40-7-3-35-19(34)14(30)10(7)26/h5-34H,1-4H2/t5-,6-,7-,8-,9-,10+,11+,12-,13+,14-,15-,16+,17+,18+,19-,20+,21+,22+/m1/s1. The smallest absolute Gasteiger partial charge is 0.187 e. The summed E-state index contributed by atoms with van der Waals surface area (Å²) < 4.78 is 37.3. The molecule has 0 radical (unpaired) electrons. The maximum atomic E-state index is 10.8. The van der Waals surface area contributed by atoms with Gasteiger partial charge in [-0.25, -0.2) is 0 Å². The second kappa shape index (κ2) is 13.9. The third kappa shape index (κ3) is 6.83. The molecule has 4 heterocycles. The zero-order valence-electron chi connectivity index (χ0n) is 21.4. The van der Waals surface area contributed by atoms with Crippen LogP contribution in [0.4, 0.5) is 0 Å². The first-order chi connectivity index (χ1) is 19.4. The highest BCUT2D eigenvalue weighted by molar-refractivity contribution is 4.95. The third-order valence-corrected chi connectivity index (χ3v) is 7.47. The van der Waals surface area contributed by atoms with Gasteiger partial charge < -0.3 is 94.4 Å². The fraction of sp³-hybridized carbons (Fsp3) is 1.00. The van der Waals surface area contributed by atoms with Crippen LogP contribution in [0.3, 0.4) is 0 Å². The number of ether oxygens (including phenoxy) is 7. The molecule has 4 rings (SSSR count). The Hall–Kier alpha value is -0.760. The van der Waals surface area contributed by atoms with Crippen LogP contribution >= 0.6 is 0 Å². The Bertz CT molecular complexity index is 822. The average Bonchev–Trinajstić information content (AvgIpc) is 2.96. The molecule has 0 aromatic rings. The van der Waals surface area contributed by atoms with Gasteiger partial charge in [-0.15, -0.1) is 0 Å². The molecule has 0 aromatic heterocycles. The Morgan fingerprint density at radius 2 is 0.951 bits per heavy atom. The molecule has 0 amide bonds. The lowest BCUT2D eigenvalue weighted by atomic mass is 9.97. The first-order valence-corrected chi connectivity index (χ1v) is 12.9. The Morgan fingerprint density at radius 1 is 0.463 bits per heavy atom. The molecule has 4 aliphatic heterocycles. The summed E-state index contributed by atoms with van der Waals surface area (Å²) in [5.74, 6) is 0. The summed E-state index contributed by atoms with van der Waals surface area (Å²) in [6.45, 7) is -2.44. The first kappa shape index (κ1) is 33.1. The van der Waals surface area contributed by atoms with Crippen molar-refractivity contribution in [3.63, 3.8) is 0 Å². The summed E-state index contributed by atoms with van der Waals surface area (Å²) >= 11 is 0. The Balaban J connectivity index is 1.39. The van der Waals surface area contributed by atoms with Crippen molar-refractivity contribution >= 4 is 0 Å². The molecule has 240 valence electrons. The minimum atomic E-state index is -1.89. The Morgan fingerprint density at radius 3 is 1.54 bits per heavy atom. The summed E-state index contributed by atoms with van der Waals surface area (Å²) in [6.07, 6.45) is -29.6. The van der Waals surface area contributed by atoms with Gasteiger partial charge in [-0.3, -0.25) is 0 Å². The SMILES string of the molecule is OC[C@H]1O[C@@H](O[C@@H]2CO[C@@H](O[C@@H]3[C@H](O)[C@H](O[C@@H]4CO[C@@H](O)[C@H](O)[C@H]4O)O[C@H](CO)[C@H]3O)[C@H](O)[C@H]2O)[C@@H](O)[C@@H](O)[C@@H]1O. The van der Waals surface area contributed by atoms with Crippen LogP contribution in [0.25, 0.3) is 0 Å². The molecule has 0 bridgehead atoms. The van der Waals surface area contributed by atoms with Crippen molar-refractivity contribution in [2.75, 3.05) is 26.4 Å². The zero-order chi connectivity index (χ0) is 30.2. The van der Waals surface area contributed by atoms with Crippen LogP contribution in [0.2, 0.25) is 0 Å². The summed E-state index contributed by atoms with van der Waals surface area (Å²) in [5, 5.41) is 121. The van der Waals surface area contributed by atoms with Crippen LogP contribution in [0, 0.1) is 0 Å². The molecule has 0 saturated carbocycles. The summed E-state index contributed by atoms with van der Waals surface area (Å²) in [6, 6.07) is 0. The number of aliphatic hydroxyl groups excluding tert-OH is 12. The van der Waals surface area contributed by atoms with Gasteiger partial charge in [0.1, 0.15) is 85.5 Å². The van der Waals surface area contributed by atoms with Gasteiger partial charge in [0.25, 0.3) is 0 Å². The molecule has 0 aromatic carbocycles. The van der Waals surface area contributed by atoms with Crippen molar-refractivity contribution in [3.05, 3.63) is 0 Å². The molecule has 12 N–H and O–H groups in total. The normalized spacial score (nSPS) is 53.3. The molecular formula is C22H38O19. The second-order valence-corrected chi connectivity index (χ2v) is 10.2. The van der Waals surface area contributed by atoms with Gasteiger partial charge in [-0.1, -0.05) is 0 Å². The van der Waals surface area contributed by atoms with Crippen LogP contribution < -0.4 is 0 Å². The van der Waals surface area contributed by atoms with E-state index in [-0.39, 0.29) is 0 Å². The van der Waals surface area contributed by atoms with Crippen molar-refractivity contribution < 1.29 is 94.4 Å². The van der Waals surface area contributed by atoms with E-state index < -0.39 is 137 Å². The fourth-order valence-corrected chi connectivity index (χ4v) is 4.91. The highest BCUT2D eigenvalue weighted by Gasteiger charge is 2.52. The maximum Gasteiger partial charge on any atom is 0.187 e. The van der Waals surface area contributed by atoms with Crippen molar-refractivity contribution in [2.45, 2.75) is 111 Å². The van der Waals surface area contributed by atoms with E-state index in [1.54, 1.807) is 0 Å². The van der Waals surface area contributed by atoms with E-state index in [1.807, 2.05) is 0 Å². The molecule has 19 heteroatoms. The number of hydrogen-bond acceptors (Lipinski definition) is 19. The molecule has 41 heavy (non-hydrogen) atoms. The van der Waals surface area contributed by atoms with Crippen LogP contribution in [0.15, 0.2) is 0 Å². The topological polar surface area (TPSA) is 307 Å². The van der Waals surface area contributed by atoms with Crippen molar-refractivity contribution in [1.29, 1.82) is 0 Å². The molecule has 0 unspecified atom stereocenters. The van der Waals surface area contributed by atoms with Crippen LogP contribution in [-0.4, -0.2) is 198 Å². The monoisotopic (exact) mass is 606 g/mol. The lowest BCUT2D eigenvalue weighted by Crippen LogP contribution is -2.65. The van der Waals surface area contributed by atoms with E-state index in [2.05, 4.69) is 0 Å².